The van der Waals surface area contributed by atoms with Crippen LogP contribution in [0.4, 0.5) is 0 Å². The lowest BCUT2D eigenvalue weighted by molar-refractivity contribution is 0.437. The fourth-order valence-electron chi connectivity index (χ4n) is 2.27. The molecule has 0 saturated carbocycles. The van der Waals surface area contributed by atoms with Gasteiger partial charge in [0.2, 0.25) is 10.0 Å². The highest BCUT2D eigenvalue weighted by Gasteiger charge is 2.22. The highest BCUT2D eigenvalue weighted by atomic mass is 32.2. The van der Waals surface area contributed by atoms with E-state index >= 15 is 0 Å². The van der Waals surface area contributed by atoms with Crippen LogP contribution in [0.2, 0.25) is 0 Å². The minimum Gasteiger partial charge on any atom is -0.313 e. The minimum absolute atomic E-state index is 0.0841. The molecule has 0 saturated heterocycles. The molecule has 20 heavy (non-hydrogen) atoms. The standard InChI is InChI=1S/C15H22N2O2S/c1-2-16-12-14-7-6-8-15(11-14)13-20(18,19)17-9-4-3-5-10-17/h3-4,6-8,11,16H,2,5,9-10,12-13H2,1H3. The first-order chi connectivity index (χ1) is 9.62. The first-order valence-electron chi connectivity index (χ1n) is 7.03. The van der Waals surface area contributed by atoms with Gasteiger partial charge in [-0.05, 0) is 24.1 Å². The maximum absolute atomic E-state index is 12.4. The second kappa shape index (κ2) is 7.02. The van der Waals surface area contributed by atoms with Crippen molar-refractivity contribution in [3.63, 3.8) is 0 Å². The molecule has 1 aliphatic rings. The largest absolute Gasteiger partial charge is 0.313 e. The number of benzene rings is 1. The molecule has 1 N–H and O–H groups in total. The number of nitrogens with one attached hydrogen (secondary N) is 1. The summed E-state index contributed by atoms with van der Waals surface area (Å²) in [5.74, 6) is 0.0841. The molecule has 1 aromatic rings. The van der Waals surface area contributed by atoms with E-state index in [-0.39, 0.29) is 5.75 Å². The van der Waals surface area contributed by atoms with Crippen LogP contribution in [-0.2, 0) is 22.3 Å². The highest BCUT2D eigenvalue weighted by Crippen LogP contribution is 2.15. The Morgan fingerprint density at radius 2 is 2.05 bits per heavy atom. The zero-order chi connectivity index (χ0) is 14.4. The second-order valence-electron chi connectivity index (χ2n) is 4.97. The maximum Gasteiger partial charge on any atom is 0.218 e. The summed E-state index contributed by atoms with van der Waals surface area (Å²) in [6.45, 7) is 4.83. The number of nitrogens with zero attached hydrogens (tertiary/aromatic N) is 1. The Hall–Kier alpha value is -1.17. The average Bonchev–Trinajstić information content (AvgIpc) is 2.46. The summed E-state index contributed by atoms with van der Waals surface area (Å²) in [4.78, 5) is 0. The Morgan fingerprint density at radius 3 is 2.75 bits per heavy atom. The van der Waals surface area contributed by atoms with Crippen LogP contribution in [0.3, 0.4) is 0 Å². The minimum atomic E-state index is -3.21. The van der Waals surface area contributed by atoms with Gasteiger partial charge < -0.3 is 5.32 Å². The van der Waals surface area contributed by atoms with E-state index in [0.29, 0.717) is 13.1 Å². The predicted octanol–water partition coefficient (Wildman–Crippen LogP) is 1.89. The van der Waals surface area contributed by atoms with Gasteiger partial charge in [0.15, 0.2) is 0 Å². The monoisotopic (exact) mass is 294 g/mol. The van der Waals surface area contributed by atoms with Crippen LogP contribution < -0.4 is 5.32 Å². The van der Waals surface area contributed by atoms with Crippen LogP contribution in [-0.4, -0.2) is 32.4 Å². The lowest BCUT2D eigenvalue weighted by Gasteiger charge is -2.22. The van der Waals surface area contributed by atoms with Gasteiger partial charge in [-0.2, -0.15) is 4.31 Å². The summed E-state index contributed by atoms with van der Waals surface area (Å²) >= 11 is 0. The molecule has 0 aliphatic carbocycles. The van der Waals surface area contributed by atoms with Crippen molar-refractivity contribution in [2.24, 2.45) is 0 Å². The van der Waals surface area contributed by atoms with E-state index in [1.807, 2.05) is 36.4 Å². The first-order valence-corrected chi connectivity index (χ1v) is 8.64. The molecular formula is C15H22N2O2S. The molecule has 0 unspecified atom stereocenters. The molecular weight excluding hydrogens is 272 g/mol. The smallest absolute Gasteiger partial charge is 0.218 e. The quantitative estimate of drug-likeness (QED) is 0.815. The van der Waals surface area contributed by atoms with Crippen molar-refractivity contribution in [3.8, 4) is 0 Å². The third-order valence-electron chi connectivity index (χ3n) is 3.33. The number of rotatable bonds is 6. The summed E-state index contributed by atoms with van der Waals surface area (Å²) < 4.78 is 26.3. The van der Waals surface area contributed by atoms with Gasteiger partial charge >= 0.3 is 0 Å². The van der Waals surface area contributed by atoms with Crippen LogP contribution >= 0.6 is 0 Å². The van der Waals surface area contributed by atoms with Crippen molar-refractivity contribution in [3.05, 3.63) is 47.5 Å². The van der Waals surface area contributed by atoms with Gasteiger partial charge in [-0.15, -0.1) is 0 Å². The zero-order valence-corrected chi connectivity index (χ0v) is 12.7. The first kappa shape index (κ1) is 15.2. The third-order valence-corrected chi connectivity index (χ3v) is 5.15. The van der Waals surface area contributed by atoms with Crippen molar-refractivity contribution in [2.45, 2.75) is 25.6 Å². The lowest BCUT2D eigenvalue weighted by atomic mass is 10.1. The predicted molar refractivity (Wildman–Crippen MR) is 81.8 cm³/mol. The summed E-state index contributed by atoms with van der Waals surface area (Å²) in [5, 5.41) is 3.25. The fourth-order valence-corrected chi connectivity index (χ4v) is 3.75. The van der Waals surface area contributed by atoms with Crippen molar-refractivity contribution in [1.82, 2.24) is 9.62 Å². The Labute approximate surface area is 121 Å². The van der Waals surface area contributed by atoms with Crippen molar-refractivity contribution in [1.29, 1.82) is 0 Å². The fraction of sp³-hybridized carbons (Fsp3) is 0.467. The van der Waals surface area contributed by atoms with E-state index in [1.54, 1.807) is 4.31 Å². The molecule has 0 bridgehead atoms. The van der Waals surface area contributed by atoms with Gasteiger partial charge in [0.05, 0.1) is 5.75 Å². The number of hydrogen-bond acceptors (Lipinski definition) is 3. The van der Waals surface area contributed by atoms with Gasteiger partial charge in [0.1, 0.15) is 0 Å². The Balaban J connectivity index is 2.06. The van der Waals surface area contributed by atoms with Crippen molar-refractivity contribution in [2.75, 3.05) is 19.6 Å². The molecule has 0 radical (unpaired) electrons. The van der Waals surface area contributed by atoms with Crippen molar-refractivity contribution >= 4 is 10.0 Å². The molecule has 1 aliphatic heterocycles. The Morgan fingerprint density at radius 1 is 1.25 bits per heavy atom. The molecule has 1 heterocycles. The lowest BCUT2D eigenvalue weighted by Crippen LogP contribution is -2.34. The van der Waals surface area contributed by atoms with E-state index < -0.39 is 10.0 Å². The number of sulfonamides is 1. The van der Waals surface area contributed by atoms with Gasteiger partial charge in [-0.25, -0.2) is 8.42 Å². The molecule has 0 fully saturated rings. The van der Waals surface area contributed by atoms with E-state index in [2.05, 4.69) is 12.2 Å². The third kappa shape index (κ3) is 4.16. The molecule has 0 atom stereocenters. The van der Waals surface area contributed by atoms with Crippen LogP contribution in [0.15, 0.2) is 36.4 Å². The van der Waals surface area contributed by atoms with E-state index in [4.69, 9.17) is 0 Å². The van der Waals surface area contributed by atoms with Crippen LogP contribution in [0.25, 0.3) is 0 Å². The maximum atomic E-state index is 12.4. The van der Waals surface area contributed by atoms with Gasteiger partial charge in [-0.1, -0.05) is 43.3 Å². The summed E-state index contributed by atoms with van der Waals surface area (Å²) in [5.41, 5.74) is 1.98. The molecule has 0 spiro atoms. The summed E-state index contributed by atoms with van der Waals surface area (Å²) in [6.07, 6.45) is 4.76. The Kier molecular flexibility index (Phi) is 5.34. The molecule has 1 aromatic carbocycles. The topological polar surface area (TPSA) is 49.4 Å². The van der Waals surface area contributed by atoms with Crippen molar-refractivity contribution < 1.29 is 8.42 Å². The Bertz CT molecular complexity index is 567. The average molecular weight is 294 g/mol. The molecule has 4 nitrogen and oxygen atoms in total. The molecule has 110 valence electrons. The van der Waals surface area contributed by atoms with E-state index in [0.717, 1.165) is 30.6 Å². The number of hydrogen-bond donors (Lipinski definition) is 1. The molecule has 0 amide bonds. The van der Waals surface area contributed by atoms with Gasteiger partial charge in [-0.3, -0.25) is 0 Å². The molecule has 0 aromatic heterocycles. The van der Waals surface area contributed by atoms with Crippen LogP contribution in [0, 0.1) is 0 Å². The normalized spacial score (nSPS) is 16.4. The van der Waals surface area contributed by atoms with E-state index in [1.165, 1.54) is 0 Å². The van der Waals surface area contributed by atoms with Gasteiger partial charge in [0.25, 0.3) is 0 Å². The van der Waals surface area contributed by atoms with Crippen LogP contribution in [0.1, 0.15) is 24.5 Å². The molecule has 5 heteroatoms. The second-order valence-corrected chi connectivity index (χ2v) is 6.94. The summed E-state index contributed by atoms with van der Waals surface area (Å²) in [6, 6.07) is 7.79. The summed E-state index contributed by atoms with van der Waals surface area (Å²) in [7, 11) is -3.21. The van der Waals surface area contributed by atoms with E-state index in [9.17, 15) is 8.42 Å². The van der Waals surface area contributed by atoms with Gasteiger partial charge in [0, 0.05) is 19.6 Å². The highest BCUT2D eigenvalue weighted by molar-refractivity contribution is 7.88. The SMILES string of the molecule is CCNCc1cccc(CS(=O)(=O)N2CC=CCC2)c1. The van der Waals surface area contributed by atoms with Crippen LogP contribution in [0.5, 0.6) is 0 Å². The molecule has 2 rings (SSSR count). The zero-order valence-electron chi connectivity index (χ0n) is 11.9.